The standard InChI is InChI=1S/C10H17IN2/c1-13-7-6-12-10(13)8-2-4-9(11)5-3-8/h8-9H,2-7H2,1H3. The molecule has 0 saturated heterocycles. The molecule has 0 radical (unpaired) electrons. The summed E-state index contributed by atoms with van der Waals surface area (Å²) in [4.78, 5) is 6.95. The quantitative estimate of drug-likeness (QED) is 0.535. The van der Waals surface area contributed by atoms with Crippen molar-refractivity contribution in [2.45, 2.75) is 29.6 Å². The maximum absolute atomic E-state index is 4.61. The molecule has 0 spiro atoms. The average Bonchev–Trinajstić information content (AvgIpc) is 2.53. The van der Waals surface area contributed by atoms with Gasteiger partial charge in [-0.15, -0.1) is 0 Å². The van der Waals surface area contributed by atoms with Crippen molar-refractivity contribution in [3.8, 4) is 0 Å². The summed E-state index contributed by atoms with van der Waals surface area (Å²) in [6.45, 7) is 2.16. The van der Waals surface area contributed by atoms with Crippen LogP contribution in [0.25, 0.3) is 0 Å². The van der Waals surface area contributed by atoms with Crippen LogP contribution >= 0.6 is 22.6 Å². The first-order valence-electron chi connectivity index (χ1n) is 5.17. The molecular weight excluding hydrogens is 275 g/mol. The highest BCUT2D eigenvalue weighted by Gasteiger charge is 2.27. The second kappa shape index (κ2) is 4.15. The zero-order valence-electron chi connectivity index (χ0n) is 8.17. The number of amidine groups is 1. The average molecular weight is 292 g/mol. The Hall–Kier alpha value is 0.200. The minimum Gasteiger partial charge on any atom is -0.361 e. The Morgan fingerprint density at radius 2 is 2.00 bits per heavy atom. The highest BCUT2D eigenvalue weighted by atomic mass is 127. The van der Waals surface area contributed by atoms with Crippen molar-refractivity contribution in [3.63, 3.8) is 0 Å². The third-order valence-electron chi connectivity index (χ3n) is 3.12. The fraction of sp³-hybridized carbons (Fsp3) is 0.900. The third-order valence-corrected chi connectivity index (χ3v) is 4.37. The molecule has 1 heterocycles. The highest BCUT2D eigenvalue weighted by Crippen LogP contribution is 2.31. The number of hydrogen-bond acceptors (Lipinski definition) is 2. The SMILES string of the molecule is CN1CCN=C1C1CCC(I)CC1. The summed E-state index contributed by atoms with van der Waals surface area (Å²) >= 11 is 2.58. The number of likely N-dealkylation sites (N-methyl/N-ethyl adjacent to an activating group) is 1. The van der Waals surface area contributed by atoms with Gasteiger partial charge in [-0.25, -0.2) is 0 Å². The normalized spacial score (nSPS) is 34.9. The molecule has 0 aromatic heterocycles. The topological polar surface area (TPSA) is 15.6 Å². The Morgan fingerprint density at radius 3 is 2.54 bits per heavy atom. The molecule has 13 heavy (non-hydrogen) atoms. The number of alkyl halides is 1. The van der Waals surface area contributed by atoms with E-state index in [1.54, 1.807) is 0 Å². The summed E-state index contributed by atoms with van der Waals surface area (Å²) in [6.07, 6.45) is 5.49. The van der Waals surface area contributed by atoms with Gasteiger partial charge in [0, 0.05) is 23.4 Å². The van der Waals surface area contributed by atoms with Crippen LogP contribution in [0.2, 0.25) is 0 Å². The summed E-state index contributed by atoms with van der Waals surface area (Å²) in [5.41, 5.74) is 0. The van der Waals surface area contributed by atoms with Crippen LogP contribution in [0.15, 0.2) is 4.99 Å². The molecule has 0 bridgehead atoms. The van der Waals surface area contributed by atoms with Crippen LogP contribution in [0, 0.1) is 5.92 Å². The van der Waals surface area contributed by atoms with E-state index in [-0.39, 0.29) is 0 Å². The van der Waals surface area contributed by atoms with Gasteiger partial charge in [-0.1, -0.05) is 22.6 Å². The third kappa shape index (κ3) is 2.17. The van der Waals surface area contributed by atoms with Crippen molar-refractivity contribution < 1.29 is 0 Å². The van der Waals surface area contributed by atoms with E-state index in [0.717, 1.165) is 22.9 Å². The molecule has 0 amide bonds. The van der Waals surface area contributed by atoms with Crippen LogP contribution in [0.5, 0.6) is 0 Å². The van der Waals surface area contributed by atoms with Crippen LogP contribution in [0.3, 0.4) is 0 Å². The molecule has 0 atom stereocenters. The molecule has 3 heteroatoms. The lowest BCUT2D eigenvalue weighted by atomic mass is 9.88. The van der Waals surface area contributed by atoms with Crippen LogP contribution < -0.4 is 0 Å². The van der Waals surface area contributed by atoms with E-state index in [1.807, 2.05) is 0 Å². The van der Waals surface area contributed by atoms with Gasteiger partial charge in [-0.3, -0.25) is 4.99 Å². The summed E-state index contributed by atoms with van der Waals surface area (Å²) < 4.78 is 0.918. The van der Waals surface area contributed by atoms with Crippen LogP contribution in [-0.2, 0) is 0 Å². The number of hydrogen-bond donors (Lipinski definition) is 0. The van der Waals surface area contributed by atoms with Crippen molar-refractivity contribution in [2.75, 3.05) is 20.1 Å². The zero-order chi connectivity index (χ0) is 9.26. The van der Waals surface area contributed by atoms with E-state index in [1.165, 1.54) is 31.5 Å². The smallest absolute Gasteiger partial charge is 0.102 e. The second-order valence-corrected chi connectivity index (χ2v) is 5.87. The fourth-order valence-electron chi connectivity index (χ4n) is 2.30. The van der Waals surface area contributed by atoms with Gasteiger partial charge in [-0.05, 0) is 25.7 Å². The number of nitrogens with zero attached hydrogens (tertiary/aromatic N) is 2. The van der Waals surface area contributed by atoms with Gasteiger partial charge in [0.15, 0.2) is 0 Å². The Bertz CT molecular complexity index is 207. The molecule has 1 aliphatic carbocycles. The second-order valence-electron chi connectivity index (χ2n) is 4.11. The first-order chi connectivity index (χ1) is 6.27. The largest absolute Gasteiger partial charge is 0.361 e. The Kier molecular flexibility index (Phi) is 3.11. The lowest BCUT2D eigenvalue weighted by molar-refractivity contribution is 0.418. The molecule has 2 rings (SSSR count). The predicted molar refractivity (Wildman–Crippen MR) is 64.7 cm³/mol. The minimum absolute atomic E-state index is 0.776. The van der Waals surface area contributed by atoms with Gasteiger partial charge in [0.25, 0.3) is 0 Å². The van der Waals surface area contributed by atoms with Crippen molar-refractivity contribution in [2.24, 2.45) is 10.9 Å². The molecule has 74 valence electrons. The van der Waals surface area contributed by atoms with E-state index >= 15 is 0 Å². The van der Waals surface area contributed by atoms with Crippen LogP contribution in [0.4, 0.5) is 0 Å². The highest BCUT2D eigenvalue weighted by molar-refractivity contribution is 14.1. The predicted octanol–water partition coefficient (Wildman–Crippen LogP) is 2.32. The molecule has 0 unspecified atom stereocenters. The van der Waals surface area contributed by atoms with Crippen molar-refractivity contribution in [1.29, 1.82) is 0 Å². The molecule has 1 aliphatic heterocycles. The Labute approximate surface area is 93.9 Å². The van der Waals surface area contributed by atoms with Crippen LogP contribution in [0.1, 0.15) is 25.7 Å². The van der Waals surface area contributed by atoms with E-state index < -0.39 is 0 Å². The lowest BCUT2D eigenvalue weighted by Gasteiger charge is -2.28. The molecule has 2 aliphatic rings. The summed E-state index contributed by atoms with van der Waals surface area (Å²) in [5.74, 6) is 2.17. The molecule has 1 fully saturated rings. The number of aliphatic imine (C=N–C) groups is 1. The summed E-state index contributed by atoms with van der Waals surface area (Å²) in [5, 5.41) is 0. The summed E-state index contributed by atoms with van der Waals surface area (Å²) in [7, 11) is 2.18. The molecule has 0 aromatic rings. The fourth-order valence-corrected chi connectivity index (χ4v) is 3.02. The Balaban J connectivity index is 1.94. The van der Waals surface area contributed by atoms with E-state index in [2.05, 4.69) is 39.5 Å². The van der Waals surface area contributed by atoms with E-state index in [9.17, 15) is 0 Å². The molecule has 0 aromatic carbocycles. The minimum atomic E-state index is 0.776. The first-order valence-corrected chi connectivity index (χ1v) is 6.41. The van der Waals surface area contributed by atoms with Gasteiger partial charge >= 0.3 is 0 Å². The van der Waals surface area contributed by atoms with Gasteiger partial charge in [0.1, 0.15) is 5.84 Å². The van der Waals surface area contributed by atoms with Crippen molar-refractivity contribution in [3.05, 3.63) is 0 Å². The van der Waals surface area contributed by atoms with E-state index in [4.69, 9.17) is 0 Å². The molecule has 2 nitrogen and oxygen atoms in total. The number of halogens is 1. The molecule has 1 saturated carbocycles. The van der Waals surface area contributed by atoms with Crippen molar-refractivity contribution >= 4 is 28.4 Å². The van der Waals surface area contributed by atoms with Crippen LogP contribution in [-0.4, -0.2) is 34.8 Å². The first kappa shape index (κ1) is 9.74. The molecular formula is C10H17IN2. The summed E-state index contributed by atoms with van der Waals surface area (Å²) in [6, 6.07) is 0. The van der Waals surface area contributed by atoms with Gasteiger partial charge in [-0.2, -0.15) is 0 Å². The zero-order valence-corrected chi connectivity index (χ0v) is 10.3. The Morgan fingerprint density at radius 1 is 1.31 bits per heavy atom. The molecule has 0 N–H and O–H groups in total. The van der Waals surface area contributed by atoms with E-state index in [0.29, 0.717) is 0 Å². The van der Waals surface area contributed by atoms with Gasteiger partial charge in [0.05, 0.1) is 6.54 Å². The number of rotatable bonds is 1. The van der Waals surface area contributed by atoms with Crippen molar-refractivity contribution in [1.82, 2.24) is 4.90 Å². The van der Waals surface area contributed by atoms with Gasteiger partial charge in [0.2, 0.25) is 0 Å². The maximum Gasteiger partial charge on any atom is 0.102 e. The van der Waals surface area contributed by atoms with Gasteiger partial charge < -0.3 is 4.90 Å². The maximum atomic E-state index is 4.61. The monoisotopic (exact) mass is 292 g/mol. The lowest BCUT2D eigenvalue weighted by Crippen LogP contribution is -2.32.